The molecule has 2 heterocycles. The Morgan fingerprint density at radius 2 is 2.36 bits per heavy atom. The van der Waals surface area contributed by atoms with Crippen molar-refractivity contribution in [3.05, 3.63) is 21.7 Å². The number of aryl methyl sites for hydroxylation is 1. The van der Waals surface area contributed by atoms with Crippen LogP contribution in [0.4, 0.5) is 0 Å². The second-order valence-electron chi connectivity index (χ2n) is 2.25. The van der Waals surface area contributed by atoms with Crippen molar-refractivity contribution in [1.82, 2.24) is 9.97 Å². The molecule has 11 heavy (non-hydrogen) atoms. The molecule has 2 nitrogen and oxygen atoms in total. The summed E-state index contributed by atoms with van der Waals surface area (Å²) in [5.74, 6) is 0. The van der Waals surface area contributed by atoms with Crippen LogP contribution in [0, 0.1) is 6.92 Å². The van der Waals surface area contributed by atoms with Crippen LogP contribution < -0.4 is 0 Å². The van der Waals surface area contributed by atoms with Gasteiger partial charge < -0.3 is 0 Å². The van der Waals surface area contributed by atoms with E-state index in [2.05, 4.69) is 32.8 Å². The van der Waals surface area contributed by atoms with E-state index >= 15 is 0 Å². The molecule has 2 rings (SSSR count). The number of rotatable bonds is 0. The van der Waals surface area contributed by atoms with Gasteiger partial charge in [-0.1, -0.05) is 0 Å². The predicted molar refractivity (Wildman–Crippen MR) is 49.9 cm³/mol. The molecule has 0 spiro atoms. The fourth-order valence-electron chi connectivity index (χ4n) is 0.926. The Balaban J connectivity index is 2.90. The van der Waals surface area contributed by atoms with Gasteiger partial charge in [-0.15, -0.1) is 11.3 Å². The molecule has 0 atom stereocenters. The van der Waals surface area contributed by atoms with E-state index in [0.29, 0.717) is 0 Å². The second kappa shape index (κ2) is 2.53. The minimum absolute atomic E-state index is 0.835. The quantitative estimate of drug-likeness (QED) is 0.694. The van der Waals surface area contributed by atoms with Crippen LogP contribution in [0.2, 0.25) is 0 Å². The summed E-state index contributed by atoms with van der Waals surface area (Å²) in [6.07, 6.45) is 1.78. The lowest BCUT2D eigenvalue weighted by Gasteiger charge is -1.89. The SMILES string of the molecule is Cc1ccnc2nc(Br)sc12. The summed E-state index contributed by atoms with van der Waals surface area (Å²) >= 11 is 4.95. The standard InChI is InChI=1S/C7H5BrN2S/c1-4-2-3-9-6-5(4)11-7(8)10-6/h2-3H,1H3. The summed E-state index contributed by atoms with van der Waals surface area (Å²) in [4.78, 5) is 8.33. The number of aromatic nitrogens is 2. The number of hydrogen-bond acceptors (Lipinski definition) is 3. The monoisotopic (exact) mass is 228 g/mol. The molecule has 0 aromatic carbocycles. The fraction of sp³-hybridized carbons (Fsp3) is 0.143. The summed E-state index contributed by atoms with van der Waals surface area (Å²) in [5.41, 5.74) is 2.07. The van der Waals surface area contributed by atoms with Crippen LogP contribution in [0.5, 0.6) is 0 Å². The molecular formula is C7H5BrN2S. The van der Waals surface area contributed by atoms with Gasteiger partial charge in [0.1, 0.15) is 0 Å². The van der Waals surface area contributed by atoms with Gasteiger partial charge in [-0.2, -0.15) is 0 Å². The van der Waals surface area contributed by atoms with Crippen LogP contribution in [-0.4, -0.2) is 9.97 Å². The number of nitrogens with zero attached hydrogens (tertiary/aromatic N) is 2. The van der Waals surface area contributed by atoms with E-state index in [4.69, 9.17) is 0 Å². The van der Waals surface area contributed by atoms with Crippen LogP contribution in [0.25, 0.3) is 10.3 Å². The summed E-state index contributed by atoms with van der Waals surface area (Å²) < 4.78 is 2.06. The van der Waals surface area contributed by atoms with Crippen LogP contribution in [-0.2, 0) is 0 Å². The van der Waals surface area contributed by atoms with Crippen molar-refractivity contribution >= 4 is 37.6 Å². The van der Waals surface area contributed by atoms with Crippen molar-refractivity contribution in [3.8, 4) is 0 Å². The fourth-order valence-corrected chi connectivity index (χ4v) is 2.30. The van der Waals surface area contributed by atoms with Gasteiger partial charge in [0.15, 0.2) is 9.56 Å². The summed E-state index contributed by atoms with van der Waals surface area (Å²) in [7, 11) is 0. The van der Waals surface area contributed by atoms with E-state index in [1.807, 2.05) is 6.07 Å². The number of hydrogen-bond donors (Lipinski definition) is 0. The van der Waals surface area contributed by atoms with E-state index in [1.165, 1.54) is 10.3 Å². The van der Waals surface area contributed by atoms with Crippen LogP contribution in [0.3, 0.4) is 0 Å². The highest BCUT2D eigenvalue weighted by Crippen LogP contribution is 2.26. The van der Waals surface area contributed by atoms with Crippen LogP contribution in [0.1, 0.15) is 5.56 Å². The molecule has 0 amide bonds. The maximum absolute atomic E-state index is 4.20. The normalized spacial score (nSPS) is 10.7. The van der Waals surface area contributed by atoms with Crippen LogP contribution in [0.15, 0.2) is 16.2 Å². The molecule has 0 N–H and O–H groups in total. The summed E-state index contributed by atoms with van der Waals surface area (Å²) in [5, 5.41) is 0. The smallest absolute Gasteiger partial charge is 0.171 e. The van der Waals surface area contributed by atoms with E-state index in [0.717, 1.165) is 9.56 Å². The molecule has 2 aromatic heterocycles. The Hall–Kier alpha value is -0.480. The topological polar surface area (TPSA) is 25.8 Å². The van der Waals surface area contributed by atoms with Gasteiger partial charge in [0.2, 0.25) is 0 Å². The van der Waals surface area contributed by atoms with Crippen molar-refractivity contribution in [2.45, 2.75) is 6.92 Å². The minimum atomic E-state index is 0.835. The van der Waals surface area contributed by atoms with Gasteiger partial charge in [-0.05, 0) is 34.5 Å². The molecule has 0 aliphatic carbocycles. The van der Waals surface area contributed by atoms with E-state index in [9.17, 15) is 0 Å². The first kappa shape index (κ1) is 7.18. The zero-order valence-electron chi connectivity index (χ0n) is 5.84. The highest BCUT2D eigenvalue weighted by molar-refractivity contribution is 9.11. The molecule has 0 radical (unpaired) electrons. The van der Waals surface area contributed by atoms with Gasteiger partial charge in [-0.25, -0.2) is 9.97 Å². The van der Waals surface area contributed by atoms with Crippen molar-refractivity contribution in [1.29, 1.82) is 0 Å². The predicted octanol–water partition coefficient (Wildman–Crippen LogP) is 2.76. The van der Waals surface area contributed by atoms with Crippen LogP contribution >= 0.6 is 27.3 Å². The Kier molecular flexibility index (Phi) is 1.65. The zero-order chi connectivity index (χ0) is 7.84. The van der Waals surface area contributed by atoms with E-state index in [1.54, 1.807) is 17.5 Å². The number of fused-ring (bicyclic) bond motifs is 1. The van der Waals surface area contributed by atoms with Crippen molar-refractivity contribution in [3.63, 3.8) is 0 Å². The Morgan fingerprint density at radius 3 is 3.09 bits per heavy atom. The molecule has 0 saturated heterocycles. The molecular weight excluding hydrogens is 224 g/mol. The Labute approximate surface area is 76.4 Å². The first-order valence-corrected chi connectivity index (χ1v) is 4.76. The molecule has 4 heteroatoms. The van der Waals surface area contributed by atoms with E-state index in [-0.39, 0.29) is 0 Å². The first-order valence-electron chi connectivity index (χ1n) is 3.15. The lowest BCUT2D eigenvalue weighted by atomic mass is 10.3. The number of thiazole rings is 1. The highest BCUT2D eigenvalue weighted by Gasteiger charge is 2.02. The molecule has 0 aliphatic heterocycles. The van der Waals surface area contributed by atoms with Gasteiger partial charge in [0.25, 0.3) is 0 Å². The molecule has 0 unspecified atom stereocenters. The molecule has 0 saturated carbocycles. The molecule has 0 fully saturated rings. The third kappa shape index (κ3) is 1.16. The third-order valence-electron chi connectivity index (χ3n) is 1.46. The summed E-state index contributed by atoms with van der Waals surface area (Å²) in [6, 6.07) is 1.99. The zero-order valence-corrected chi connectivity index (χ0v) is 8.24. The maximum Gasteiger partial charge on any atom is 0.171 e. The molecule has 0 bridgehead atoms. The highest BCUT2D eigenvalue weighted by atomic mass is 79.9. The minimum Gasteiger partial charge on any atom is -0.236 e. The Morgan fingerprint density at radius 1 is 1.55 bits per heavy atom. The molecule has 2 aromatic rings. The third-order valence-corrected chi connectivity index (χ3v) is 3.09. The average molecular weight is 229 g/mol. The van der Waals surface area contributed by atoms with Crippen molar-refractivity contribution in [2.24, 2.45) is 0 Å². The Bertz CT molecular complexity index is 396. The number of pyridine rings is 1. The number of halogens is 1. The second-order valence-corrected chi connectivity index (χ2v) is 4.52. The van der Waals surface area contributed by atoms with Gasteiger partial charge in [0, 0.05) is 6.20 Å². The largest absolute Gasteiger partial charge is 0.236 e. The molecule has 0 aliphatic rings. The van der Waals surface area contributed by atoms with Crippen molar-refractivity contribution in [2.75, 3.05) is 0 Å². The summed E-state index contributed by atoms with van der Waals surface area (Å²) in [6.45, 7) is 2.06. The van der Waals surface area contributed by atoms with Crippen molar-refractivity contribution < 1.29 is 0 Å². The van der Waals surface area contributed by atoms with Gasteiger partial charge in [0.05, 0.1) is 4.70 Å². The van der Waals surface area contributed by atoms with E-state index < -0.39 is 0 Å². The lowest BCUT2D eigenvalue weighted by Crippen LogP contribution is -1.76. The molecule has 56 valence electrons. The lowest BCUT2D eigenvalue weighted by molar-refractivity contribution is 1.29. The van der Waals surface area contributed by atoms with Gasteiger partial charge in [-0.3, -0.25) is 0 Å². The average Bonchev–Trinajstić information content (AvgIpc) is 2.31. The van der Waals surface area contributed by atoms with Gasteiger partial charge >= 0.3 is 0 Å². The maximum atomic E-state index is 4.20. The first-order chi connectivity index (χ1) is 5.27.